The predicted octanol–water partition coefficient (Wildman–Crippen LogP) is 5.90. The number of aryl methyl sites for hydroxylation is 1. The van der Waals surface area contributed by atoms with Crippen LogP contribution in [0.1, 0.15) is 23.6 Å². The van der Waals surface area contributed by atoms with Gasteiger partial charge in [-0.3, -0.25) is 14.9 Å². The number of nitrogens with one attached hydrogen (secondary N) is 1. The molecule has 0 atom stereocenters. The van der Waals surface area contributed by atoms with Gasteiger partial charge in [0.25, 0.3) is 11.8 Å². The lowest BCUT2D eigenvalue weighted by Gasteiger charge is -2.27. The number of carbonyl (C=O) groups is 3. The van der Waals surface area contributed by atoms with Crippen molar-refractivity contribution in [2.45, 2.75) is 20.5 Å². The van der Waals surface area contributed by atoms with Gasteiger partial charge in [-0.2, -0.15) is 0 Å². The number of imide groups is 2. The van der Waals surface area contributed by atoms with Crippen LogP contribution in [0.2, 0.25) is 5.02 Å². The number of barbiturate groups is 1. The van der Waals surface area contributed by atoms with Crippen LogP contribution in [-0.4, -0.2) is 24.5 Å². The highest BCUT2D eigenvalue weighted by Gasteiger charge is 2.37. The monoisotopic (exact) mass is 616 g/mol. The third-order valence-corrected chi connectivity index (χ3v) is 6.41. The zero-order chi connectivity index (χ0) is 25.8. The Hall–Kier alpha value is -3.37. The highest BCUT2D eigenvalue weighted by molar-refractivity contribution is 14.1. The Balaban J connectivity index is 1.67. The van der Waals surface area contributed by atoms with Gasteiger partial charge in [-0.05, 0) is 89.5 Å². The van der Waals surface area contributed by atoms with Crippen molar-refractivity contribution in [3.63, 3.8) is 0 Å². The van der Waals surface area contributed by atoms with Gasteiger partial charge in [-0.25, -0.2) is 9.69 Å². The van der Waals surface area contributed by atoms with Gasteiger partial charge in [0.15, 0.2) is 11.5 Å². The molecular weight excluding hydrogens is 595 g/mol. The first-order valence-corrected chi connectivity index (χ1v) is 12.5. The van der Waals surface area contributed by atoms with Crippen LogP contribution in [0.3, 0.4) is 0 Å². The fourth-order valence-electron chi connectivity index (χ4n) is 3.71. The molecule has 1 fully saturated rings. The second-order valence-electron chi connectivity index (χ2n) is 7.93. The third-order valence-electron chi connectivity index (χ3n) is 5.37. The van der Waals surface area contributed by atoms with Crippen molar-refractivity contribution in [2.24, 2.45) is 0 Å². The van der Waals surface area contributed by atoms with E-state index in [0.29, 0.717) is 34.4 Å². The average Bonchev–Trinajstić information content (AvgIpc) is 2.82. The number of para-hydroxylation sites is 1. The second-order valence-corrected chi connectivity index (χ2v) is 9.52. The number of amides is 4. The summed E-state index contributed by atoms with van der Waals surface area (Å²) in [5.74, 6) is -0.458. The van der Waals surface area contributed by atoms with E-state index in [-0.39, 0.29) is 12.2 Å². The molecule has 3 aromatic rings. The Labute approximate surface area is 227 Å². The first kappa shape index (κ1) is 25.7. The van der Waals surface area contributed by atoms with E-state index in [2.05, 4.69) is 27.9 Å². The van der Waals surface area contributed by atoms with Crippen molar-refractivity contribution in [2.75, 3.05) is 11.5 Å². The van der Waals surface area contributed by atoms with Crippen LogP contribution in [0.25, 0.3) is 6.08 Å². The van der Waals surface area contributed by atoms with E-state index < -0.39 is 17.8 Å². The number of hydrogen-bond acceptors (Lipinski definition) is 5. The summed E-state index contributed by atoms with van der Waals surface area (Å²) >= 11 is 8.19. The van der Waals surface area contributed by atoms with Crippen molar-refractivity contribution in [3.8, 4) is 11.5 Å². The van der Waals surface area contributed by atoms with Gasteiger partial charge in [0.2, 0.25) is 0 Å². The number of benzene rings is 3. The molecule has 1 saturated heterocycles. The van der Waals surface area contributed by atoms with Crippen LogP contribution in [0.15, 0.2) is 66.2 Å². The minimum Gasteiger partial charge on any atom is -0.490 e. The maximum atomic E-state index is 13.3. The third kappa shape index (κ3) is 5.55. The van der Waals surface area contributed by atoms with E-state index in [4.69, 9.17) is 21.1 Å². The first-order chi connectivity index (χ1) is 17.3. The van der Waals surface area contributed by atoms with Gasteiger partial charge in [0.05, 0.1) is 15.9 Å². The predicted molar refractivity (Wildman–Crippen MR) is 146 cm³/mol. The summed E-state index contributed by atoms with van der Waals surface area (Å²) in [4.78, 5) is 39.4. The number of urea groups is 1. The fraction of sp³-hybridized carbons (Fsp3) is 0.148. The first-order valence-electron chi connectivity index (χ1n) is 11.1. The van der Waals surface area contributed by atoms with Gasteiger partial charge in [-0.15, -0.1) is 0 Å². The van der Waals surface area contributed by atoms with Crippen LogP contribution < -0.4 is 19.7 Å². The lowest BCUT2D eigenvalue weighted by Crippen LogP contribution is -2.54. The average molecular weight is 617 g/mol. The molecule has 0 aliphatic carbocycles. The molecule has 1 heterocycles. The van der Waals surface area contributed by atoms with E-state index in [1.807, 2.05) is 25.1 Å². The molecule has 4 amide bonds. The molecule has 0 spiro atoms. The molecule has 1 aliphatic rings. The molecule has 1 N–H and O–H groups in total. The second kappa shape index (κ2) is 11.1. The van der Waals surface area contributed by atoms with E-state index in [0.717, 1.165) is 19.6 Å². The van der Waals surface area contributed by atoms with Crippen LogP contribution in [-0.2, 0) is 16.2 Å². The van der Waals surface area contributed by atoms with Crippen molar-refractivity contribution >= 4 is 63.8 Å². The summed E-state index contributed by atoms with van der Waals surface area (Å²) in [5.41, 5.74) is 2.42. The van der Waals surface area contributed by atoms with Gasteiger partial charge >= 0.3 is 6.03 Å². The Bertz CT molecular complexity index is 1390. The molecule has 0 bridgehead atoms. The van der Waals surface area contributed by atoms with Crippen molar-refractivity contribution in [1.82, 2.24) is 5.32 Å². The number of rotatable bonds is 7. The van der Waals surface area contributed by atoms with Gasteiger partial charge < -0.3 is 9.47 Å². The summed E-state index contributed by atoms with van der Waals surface area (Å²) in [6.07, 6.45) is 1.45. The quantitative estimate of drug-likeness (QED) is 0.203. The summed E-state index contributed by atoms with van der Waals surface area (Å²) in [7, 11) is 0. The topological polar surface area (TPSA) is 84.9 Å². The van der Waals surface area contributed by atoms with Gasteiger partial charge in [0.1, 0.15) is 12.2 Å². The molecule has 0 saturated carbocycles. The maximum Gasteiger partial charge on any atom is 0.335 e. The summed E-state index contributed by atoms with van der Waals surface area (Å²) < 4.78 is 12.6. The largest absolute Gasteiger partial charge is 0.490 e. The Kier molecular flexibility index (Phi) is 7.95. The van der Waals surface area contributed by atoms with Gasteiger partial charge in [0, 0.05) is 5.02 Å². The summed E-state index contributed by atoms with van der Waals surface area (Å²) in [6, 6.07) is 17.0. The lowest BCUT2D eigenvalue weighted by molar-refractivity contribution is -0.122. The van der Waals surface area contributed by atoms with E-state index in [1.165, 1.54) is 6.08 Å². The Morgan fingerprint density at radius 2 is 1.81 bits per heavy atom. The van der Waals surface area contributed by atoms with Crippen LogP contribution in [0.5, 0.6) is 11.5 Å². The molecular formula is C27H22ClIN2O5. The number of halogens is 2. The molecule has 0 aromatic heterocycles. The SMILES string of the molecule is CCOc1cc(/C=C2\C(=O)NC(=O)N(c3ccccc3C)C2=O)cc(I)c1OCc1cccc(Cl)c1. The lowest BCUT2D eigenvalue weighted by atomic mass is 10.1. The highest BCUT2D eigenvalue weighted by atomic mass is 127. The molecule has 0 unspecified atom stereocenters. The minimum atomic E-state index is -0.786. The number of carbonyl (C=O) groups excluding carboxylic acids is 3. The maximum absolute atomic E-state index is 13.3. The van der Waals surface area contributed by atoms with Crippen LogP contribution in [0, 0.1) is 10.5 Å². The molecule has 0 radical (unpaired) electrons. The number of hydrogen-bond donors (Lipinski definition) is 1. The van der Waals surface area contributed by atoms with E-state index in [1.54, 1.807) is 49.4 Å². The summed E-state index contributed by atoms with van der Waals surface area (Å²) in [5, 5.41) is 2.87. The molecule has 184 valence electrons. The smallest absolute Gasteiger partial charge is 0.335 e. The Morgan fingerprint density at radius 1 is 1.03 bits per heavy atom. The normalized spacial score (nSPS) is 14.7. The van der Waals surface area contributed by atoms with Crippen LogP contribution >= 0.6 is 34.2 Å². The molecule has 3 aromatic carbocycles. The van der Waals surface area contributed by atoms with Crippen molar-refractivity contribution < 1.29 is 23.9 Å². The van der Waals surface area contributed by atoms with Gasteiger partial charge in [-0.1, -0.05) is 41.9 Å². The summed E-state index contributed by atoms with van der Waals surface area (Å²) in [6.45, 7) is 4.31. The molecule has 4 rings (SSSR count). The van der Waals surface area contributed by atoms with Crippen molar-refractivity contribution in [3.05, 3.63) is 91.5 Å². The molecule has 9 heteroatoms. The minimum absolute atomic E-state index is 0.163. The van der Waals surface area contributed by atoms with E-state index in [9.17, 15) is 14.4 Å². The zero-order valence-corrected chi connectivity index (χ0v) is 22.4. The zero-order valence-electron chi connectivity index (χ0n) is 19.5. The Morgan fingerprint density at radius 3 is 2.53 bits per heavy atom. The van der Waals surface area contributed by atoms with Crippen LogP contribution in [0.4, 0.5) is 10.5 Å². The fourth-order valence-corrected chi connectivity index (χ4v) is 4.71. The number of ether oxygens (including phenoxy) is 2. The molecule has 1 aliphatic heterocycles. The standard InChI is InChI=1S/C27H22ClIN2O5/c1-3-35-23-14-18(13-21(29)24(23)36-15-17-8-6-9-19(28)11-17)12-20-25(32)30-27(34)31(26(20)33)22-10-5-4-7-16(22)2/h4-14H,3,15H2,1-2H3,(H,30,32,34)/b20-12+. The van der Waals surface area contributed by atoms with Crippen molar-refractivity contribution in [1.29, 1.82) is 0 Å². The molecule has 36 heavy (non-hydrogen) atoms. The number of anilines is 1. The highest BCUT2D eigenvalue weighted by Crippen LogP contribution is 2.36. The van der Waals surface area contributed by atoms with E-state index >= 15 is 0 Å². The number of nitrogens with zero attached hydrogens (tertiary/aromatic N) is 1. The molecule has 7 nitrogen and oxygen atoms in total.